The number of methoxy groups -OCH3 is 1. The number of hydrogen-bond donors (Lipinski definition) is 1. The molecule has 1 N–H and O–H groups in total. The highest BCUT2D eigenvalue weighted by Gasteiger charge is 2.02. The molecule has 1 aromatic rings. The first kappa shape index (κ1) is 11.4. The van der Waals surface area contributed by atoms with Gasteiger partial charge in [0.15, 0.2) is 0 Å². The lowest BCUT2D eigenvalue weighted by Gasteiger charge is -2.10. The normalized spacial score (nSPS) is 11.8. The molecule has 80 valence electrons. The van der Waals surface area contributed by atoms with E-state index in [9.17, 15) is 0 Å². The van der Waals surface area contributed by atoms with Crippen molar-refractivity contribution in [3.8, 4) is 6.07 Å². The van der Waals surface area contributed by atoms with Crippen molar-refractivity contribution in [3.05, 3.63) is 18.0 Å². The zero-order valence-corrected chi connectivity index (χ0v) is 8.90. The second-order valence-electron chi connectivity index (χ2n) is 3.32. The van der Waals surface area contributed by atoms with Crippen LogP contribution in [0.15, 0.2) is 12.3 Å². The van der Waals surface area contributed by atoms with E-state index >= 15 is 0 Å². The Kier molecular flexibility index (Phi) is 4.51. The molecule has 0 saturated heterocycles. The lowest BCUT2D eigenvalue weighted by molar-refractivity contribution is 0.164. The summed E-state index contributed by atoms with van der Waals surface area (Å²) in [6, 6.07) is 3.54. The summed E-state index contributed by atoms with van der Waals surface area (Å²) < 4.78 is 5.00. The average molecular weight is 206 g/mol. The Morgan fingerprint density at radius 1 is 1.67 bits per heavy atom. The van der Waals surface area contributed by atoms with E-state index in [1.54, 1.807) is 19.4 Å². The molecule has 0 aliphatic carbocycles. The maximum absolute atomic E-state index is 8.64. The summed E-state index contributed by atoms with van der Waals surface area (Å²) in [4.78, 5) is 8.00. The number of aromatic nitrogens is 2. The van der Waals surface area contributed by atoms with E-state index in [0.717, 1.165) is 6.54 Å². The molecule has 0 spiro atoms. The molecule has 1 heterocycles. The molecule has 0 amide bonds. The number of hydrogen-bond acceptors (Lipinski definition) is 5. The van der Waals surface area contributed by atoms with Crippen LogP contribution in [0.5, 0.6) is 0 Å². The zero-order chi connectivity index (χ0) is 11.1. The van der Waals surface area contributed by atoms with Gasteiger partial charge in [-0.15, -0.1) is 0 Å². The minimum atomic E-state index is 0.367. The summed E-state index contributed by atoms with van der Waals surface area (Å²) in [5.41, 5.74) is 0.367. The van der Waals surface area contributed by atoms with Gasteiger partial charge in [0.1, 0.15) is 11.8 Å². The fourth-order valence-corrected chi connectivity index (χ4v) is 1.12. The Balaban J connectivity index is 2.47. The monoisotopic (exact) mass is 206 g/mol. The highest BCUT2D eigenvalue weighted by molar-refractivity contribution is 5.29. The van der Waals surface area contributed by atoms with Crippen molar-refractivity contribution < 1.29 is 4.74 Å². The van der Waals surface area contributed by atoms with Crippen LogP contribution in [0.25, 0.3) is 0 Å². The molecule has 15 heavy (non-hydrogen) atoms. The molecule has 5 nitrogen and oxygen atoms in total. The third-order valence-corrected chi connectivity index (χ3v) is 1.83. The lowest BCUT2D eigenvalue weighted by Crippen LogP contribution is -2.17. The second-order valence-corrected chi connectivity index (χ2v) is 3.32. The van der Waals surface area contributed by atoms with Gasteiger partial charge in [-0.05, 0) is 12.0 Å². The minimum absolute atomic E-state index is 0.367. The molecule has 0 radical (unpaired) electrons. The molecule has 5 heteroatoms. The number of rotatable bonds is 5. The maximum Gasteiger partial charge on any atom is 0.223 e. The van der Waals surface area contributed by atoms with E-state index in [2.05, 4.69) is 22.2 Å². The van der Waals surface area contributed by atoms with Crippen molar-refractivity contribution in [3.63, 3.8) is 0 Å². The van der Waals surface area contributed by atoms with Gasteiger partial charge in [-0.3, -0.25) is 0 Å². The van der Waals surface area contributed by atoms with Crippen LogP contribution in [0.3, 0.4) is 0 Å². The van der Waals surface area contributed by atoms with E-state index in [4.69, 9.17) is 10.00 Å². The van der Waals surface area contributed by atoms with Gasteiger partial charge in [-0.2, -0.15) is 5.26 Å². The number of nitrogens with zero attached hydrogens (tertiary/aromatic N) is 3. The molecule has 0 saturated carbocycles. The van der Waals surface area contributed by atoms with Crippen molar-refractivity contribution in [2.24, 2.45) is 5.92 Å². The van der Waals surface area contributed by atoms with Gasteiger partial charge >= 0.3 is 0 Å². The van der Waals surface area contributed by atoms with E-state index < -0.39 is 0 Å². The molecule has 0 bridgehead atoms. The second kappa shape index (κ2) is 5.94. The van der Waals surface area contributed by atoms with Crippen LogP contribution in [0.4, 0.5) is 5.95 Å². The van der Waals surface area contributed by atoms with Gasteiger partial charge in [-0.25, -0.2) is 9.97 Å². The molecule has 0 aromatic carbocycles. The fraction of sp³-hybridized carbons (Fsp3) is 0.500. The van der Waals surface area contributed by atoms with Crippen molar-refractivity contribution in [1.29, 1.82) is 5.26 Å². The lowest BCUT2D eigenvalue weighted by atomic mass is 10.2. The summed E-state index contributed by atoms with van der Waals surface area (Å²) >= 11 is 0. The van der Waals surface area contributed by atoms with E-state index in [1.165, 1.54) is 0 Å². The SMILES string of the molecule is COCC(C)CNc1nccc(C#N)n1. The molecule has 0 aliphatic rings. The third-order valence-electron chi connectivity index (χ3n) is 1.83. The summed E-state index contributed by atoms with van der Waals surface area (Å²) in [6.07, 6.45) is 1.56. The quantitative estimate of drug-likeness (QED) is 0.779. The highest BCUT2D eigenvalue weighted by Crippen LogP contribution is 2.01. The number of anilines is 1. The summed E-state index contributed by atoms with van der Waals surface area (Å²) in [6.45, 7) is 3.47. The maximum atomic E-state index is 8.64. The Labute approximate surface area is 89.1 Å². The largest absolute Gasteiger partial charge is 0.384 e. The molecular formula is C10H14N4O. The zero-order valence-electron chi connectivity index (χ0n) is 8.90. The van der Waals surface area contributed by atoms with Crippen LogP contribution in [0, 0.1) is 17.2 Å². The van der Waals surface area contributed by atoms with Crippen LogP contribution in [-0.2, 0) is 4.74 Å². The first-order chi connectivity index (χ1) is 7.26. The molecule has 1 atom stereocenters. The molecule has 1 rings (SSSR count). The molecule has 1 unspecified atom stereocenters. The van der Waals surface area contributed by atoms with E-state index in [1.807, 2.05) is 6.07 Å². The van der Waals surface area contributed by atoms with Crippen LogP contribution in [-0.4, -0.2) is 30.2 Å². The van der Waals surface area contributed by atoms with Crippen LogP contribution in [0.1, 0.15) is 12.6 Å². The fourth-order valence-electron chi connectivity index (χ4n) is 1.12. The standard InChI is InChI=1S/C10H14N4O/c1-8(7-15-2)6-13-10-12-4-3-9(5-11)14-10/h3-4,8H,6-7H2,1-2H3,(H,12,13,14). The Morgan fingerprint density at radius 3 is 3.13 bits per heavy atom. The molecular weight excluding hydrogens is 192 g/mol. The average Bonchev–Trinajstić information content (AvgIpc) is 2.27. The molecule has 1 aromatic heterocycles. The van der Waals surface area contributed by atoms with Gasteiger partial charge in [-0.1, -0.05) is 6.92 Å². The first-order valence-corrected chi connectivity index (χ1v) is 4.72. The highest BCUT2D eigenvalue weighted by atomic mass is 16.5. The predicted octanol–water partition coefficient (Wildman–Crippen LogP) is 1.04. The third kappa shape index (κ3) is 3.92. The molecule has 0 aliphatic heterocycles. The van der Waals surface area contributed by atoms with Crippen LogP contribution >= 0.6 is 0 Å². The van der Waals surface area contributed by atoms with E-state index in [0.29, 0.717) is 24.2 Å². The predicted molar refractivity (Wildman–Crippen MR) is 56.3 cm³/mol. The van der Waals surface area contributed by atoms with Gasteiger partial charge in [0.2, 0.25) is 5.95 Å². The number of nitrogens with one attached hydrogen (secondary N) is 1. The summed E-state index contributed by atoms with van der Waals surface area (Å²) in [5, 5.41) is 11.7. The van der Waals surface area contributed by atoms with Gasteiger partial charge in [0.05, 0.1) is 6.61 Å². The summed E-state index contributed by atoms with van der Waals surface area (Å²) in [7, 11) is 1.67. The van der Waals surface area contributed by atoms with Crippen molar-refractivity contribution in [2.45, 2.75) is 6.92 Å². The van der Waals surface area contributed by atoms with Gasteiger partial charge < -0.3 is 10.1 Å². The van der Waals surface area contributed by atoms with Crippen LogP contribution in [0.2, 0.25) is 0 Å². The number of ether oxygens (including phenoxy) is 1. The Morgan fingerprint density at radius 2 is 2.47 bits per heavy atom. The Bertz CT molecular complexity index is 348. The van der Waals surface area contributed by atoms with Gasteiger partial charge in [0, 0.05) is 19.9 Å². The summed E-state index contributed by atoms with van der Waals surface area (Å²) in [5.74, 6) is 0.862. The first-order valence-electron chi connectivity index (χ1n) is 4.72. The van der Waals surface area contributed by atoms with E-state index in [-0.39, 0.29) is 0 Å². The smallest absolute Gasteiger partial charge is 0.223 e. The van der Waals surface area contributed by atoms with Crippen molar-refractivity contribution in [2.75, 3.05) is 25.6 Å². The van der Waals surface area contributed by atoms with Crippen molar-refractivity contribution in [1.82, 2.24) is 9.97 Å². The van der Waals surface area contributed by atoms with Gasteiger partial charge in [0.25, 0.3) is 0 Å². The van der Waals surface area contributed by atoms with Crippen molar-refractivity contribution >= 4 is 5.95 Å². The van der Waals surface area contributed by atoms with Crippen LogP contribution < -0.4 is 5.32 Å². The topological polar surface area (TPSA) is 70.8 Å². The number of nitriles is 1. The molecule has 0 fully saturated rings. The Hall–Kier alpha value is -1.67. The minimum Gasteiger partial charge on any atom is -0.384 e.